The Morgan fingerprint density at radius 3 is 2.64 bits per heavy atom. The first-order valence-electron chi connectivity index (χ1n) is 9.13. The average molecular weight is 425 g/mol. The van der Waals surface area contributed by atoms with Gasteiger partial charge < -0.3 is 19.7 Å². The lowest BCUT2D eigenvalue weighted by Crippen LogP contribution is -2.40. The van der Waals surface area contributed by atoms with Crippen LogP contribution in [0.4, 0.5) is 0 Å². The molecule has 1 aliphatic rings. The van der Waals surface area contributed by atoms with Crippen molar-refractivity contribution in [2.24, 2.45) is 0 Å². The Bertz CT molecular complexity index is 784. The number of carbonyl (C=O) groups is 1. The van der Waals surface area contributed by atoms with Crippen molar-refractivity contribution in [2.45, 2.75) is 25.5 Å². The molecule has 0 bridgehead atoms. The van der Waals surface area contributed by atoms with Crippen LogP contribution in [-0.2, 0) is 6.61 Å². The minimum absolute atomic E-state index is 0. The maximum Gasteiger partial charge on any atom is 0.254 e. The molecule has 1 saturated heterocycles. The number of benzene rings is 2. The molecule has 3 rings (SSSR count). The van der Waals surface area contributed by atoms with Crippen LogP contribution >= 0.6 is 24.0 Å². The molecule has 0 radical (unpaired) electrons. The molecule has 0 spiro atoms. The number of likely N-dealkylation sites (N-methyl/N-ethyl adjacent to an activating group) is 1. The van der Waals surface area contributed by atoms with E-state index in [2.05, 4.69) is 5.32 Å². The summed E-state index contributed by atoms with van der Waals surface area (Å²) in [5, 5.41) is 3.86. The number of likely N-dealkylation sites (tertiary alicyclic amines) is 1. The third-order valence-corrected chi connectivity index (χ3v) is 5.05. The summed E-state index contributed by atoms with van der Waals surface area (Å²) in [6.45, 7) is 2.00. The number of nitrogens with one attached hydrogen (secondary N) is 1. The number of amides is 1. The van der Waals surface area contributed by atoms with Crippen LogP contribution in [0.15, 0.2) is 42.5 Å². The molecule has 1 N–H and O–H groups in total. The van der Waals surface area contributed by atoms with Crippen molar-refractivity contribution in [3.05, 3.63) is 58.6 Å². The molecule has 7 heteroatoms. The van der Waals surface area contributed by atoms with Crippen LogP contribution in [0.3, 0.4) is 0 Å². The molecule has 0 aliphatic carbocycles. The van der Waals surface area contributed by atoms with Crippen molar-refractivity contribution in [1.29, 1.82) is 0 Å². The molecule has 0 saturated carbocycles. The number of halogens is 2. The predicted octanol–water partition coefficient (Wildman–Crippen LogP) is 4.17. The fraction of sp³-hybridized carbons (Fsp3) is 0.381. The van der Waals surface area contributed by atoms with Crippen LogP contribution < -0.4 is 14.8 Å². The summed E-state index contributed by atoms with van der Waals surface area (Å²) >= 11 is 5.91. The molecule has 0 aromatic heterocycles. The number of hydrogen-bond donors (Lipinski definition) is 1. The quantitative estimate of drug-likeness (QED) is 0.724. The van der Waals surface area contributed by atoms with Crippen LogP contribution in [0.1, 0.15) is 28.8 Å². The molecule has 1 heterocycles. The van der Waals surface area contributed by atoms with Crippen molar-refractivity contribution < 1.29 is 14.3 Å². The van der Waals surface area contributed by atoms with Gasteiger partial charge in [-0.05, 0) is 55.8 Å². The van der Waals surface area contributed by atoms with Gasteiger partial charge in [-0.15, -0.1) is 12.4 Å². The second kappa shape index (κ2) is 10.6. The third-order valence-electron chi connectivity index (χ3n) is 4.80. The smallest absolute Gasteiger partial charge is 0.254 e. The van der Waals surface area contributed by atoms with Crippen molar-refractivity contribution in [3.63, 3.8) is 0 Å². The second-order valence-corrected chi connectivity index (χ2v) is 7.07. The summed E-state index contributed by atoms with van der Waals surface area (Å²) in [7, 11) is 3.50. The topological polar surface area (TPSA) is 50.8 Å². The largest absolute Gasteiger partial charge is 0.493 e. The number of hydrogen-bond acceptors (Lipinski definition) is 4. The fourth-order valence-corrected chi connectivity index (χ4v) is 3.50. The van der Waals surface area contributed by atoms with Crippen LogP contribution in [-0.4, -0.2) is 44.1 Å². The zero-order valence-corrected chi connectivity index (χ0v) is 17.7. The van der Waals surface area contributed by atoms with Crippen LogP contribution in [0.5, 0.6) is 11.5 Å². The molecule has 2 aromatic carbocycles. The Morgan fingerprint density at radius 1 is 1.21 bits per heavy atom. The van der Waals surface area contributed by atoms with Gasteiger partial charge in [0, 0.05) is 29.7 Å². The zero-order valence-electron chi connectivity index (χ0n) is 16.1. The van der Waals surface area contributed by atoms with E-state index in [1.807, 2.05) is 36.2 Å². The number of methoxy groups -OCH3 is 1. The molecule has 1 unspecified atom stereocenters. The molecular formula is C21H26Cl2N2O3. The van der Waals surface area contributed by atoms with Crippen LogP contribution in [0, 0.1) is 0 Å². The van der Waals surface area contributed by atoms with Crippen molar-refractivity contribution in [2.75, 3.05) is 27.2 Å². The number of rotatable bonds is 7. The summed E-state index contributed by atoms with van der Waals surface area (Å²) in [6, 6.07) is 13.1. The number of nitrogens with zero attached hydrogens (tertiary/aromatic N) is 1. The summed E-state index contributed by atoms with van der Waals surface area (Å²) in [6.07, 6.45) is 2.07. The molecule has 2 aromatic rings. The first kappa shape index (κ1) is 22.3. The molecule has 5 nitrogen and oxygen atoms in total. The van der Waals surface area contributed by atoms with Crippen molar-refractivity contribution >= 4 is 29.9 Å². The highest BCUT2D eigenvalue weighted by Crippen LogP contribution is 2.30. The molecular weight excluding hydrogens is 399 g/mol. The maximum atomic E-state index is 12.9. The molecule has 1 aliphatic heterocycles. The summed E-state index contributed by atoms with van der Waals surface area (Å²) in [5.41, 5.74) is 1.63. The first-order chi connectivity index (χ1) is 13.1. The van der Waals surface area contributed by atoms with E-state index in [1.54, 1.807) is 25.3 Å². The molecule has 28 heavy (non-hydrogen) atoms. The van der Waals surface area contributed by atoms with Crippen LogP contribution in [0.25, 0.3) is 0 Å². The molecule has 1 atom stereocenters. The van der Waals surface area contributed by atoms with Crippen molar-refractivity contribution in [1.82, 2.24) is 10.2 Å². The van der Waals surface area contributed by atoms with Gasteiger partial charge in [0.1, 0.15) is 6.61 Å². The normalized spacial score (nSPS) is 15.8. The van der Waals surface area contributed by atoms with E-state index in [0.29, 0.717) is 28.7 Å². The Morgan fingerprint density at radius 2 is 1.96 bits per heavy atom. The predicted molar refractivity (Wildman–Crippen MR) is 114 cm³/mol. The van der Waals surface area contributed by atoms with E-state index in [9.17, 15) is 4.79 Å². The van der Waals surface area contributed by atoms with Gasteiger partial charge in [0.2, 0.25) is 0 Å². The highest BCUT2D eigenvalue weighted by Gasteiger charge is 2.29. The first-order valence-corrected chi connectivity index (χ1v) is 9.51. The van der Waals surface area contributed by atoms with Crippen molar-refractivity contribution in [3.8, 4) is 11.5 Å². The number of carbonyl (C=O) groups excluding carboxylic acids is 1. The monoisotopic (exact) mass is 424 g/mol. The van der Waals surface area contributed by atoms with E-state index >= 15 is 0 Å². The fourth-order valence-electron chi connectivity index (χ4n) is 3.38. The van der Waals surface area contributed by atoms with Gasteiger partial charge in [0.15, 0.2) is 11.5 Å². The third kappa shape index (κ3) is 5.31. The standard InChI is InChI=1S/C21H25ClN2O3.ClH/c1-23-13-18-4-3-11-24(18)21(25)16-7-10-19(20(12-16)26-2)27-14-15-5-8-17(22)9-6-15;/h5-10,12,18,23H,3-4,11,13-14H2,1-2H3;1H. The Kier molecular flexibility index (Phi) is 8.42. The molecule has 1 fully saturated rings. The average Bonchev–Trinajstić information content (AvgIpc) is 3.15. The molecule has 152 valence electrons. The van der Waals surface area contributed by atoms with Gasteiger partial charge >= 0.3 is 0 Å². The van der Waals surface area contributed by atoms with E-state index in [-0.39, 0.29) is 24.4 Å². The SMILES string of the molecule is CNCC1CCCN1C(=O)c1ccc(OCc2ccc(Cl)cc2)c(OC)c1.Cl. The maximum absolute atomic E-state index is 12.9. The summed E-state index contributed by atoms with van der Waals surface area (Å²) < 4.78 is 11.3. The van der Waals surface area contributed by atoms with Gasteiger partial charge in [0.05, 0.1) is 7.11 Å². The summed E-state index contributed by atoms with van der Waals surface area (Å²) in [5.74, 6) is 1.20. The Balaban J connectivity index is 0.00000280. The van der Waals surface area contributed by atoms with E-state index in [0.717, 1.165) is 31.5 Å². The summed E-state index contributed by atoms with van der Waals surface area (Å²) in [4.78, 5) is 14.9. The van der Waals surface area contributed by atoms with Gasteiger partial charge in [-0.3, -0.25) is 4.79 Å². The lowest BCUT2D eigenvalue weighted by molar-refractivity contribution is 0.0736. The van der Waals surface area contributed by atoms with Gasteiger partial charge in [-0.25, -0.2) is 0 Å². The zero-order chi connectivity index (χ0) is 19.2. The Labute approximate surface area is 177 Å². The van der Waals surface area contributed by atoms with Gasteiger partial charge in [-0.1, -0.05) is 23.7 Å². The van der Waals surface area contributed by atoms with E-state index in [1.165, 1.54) is 0 Å². The second-order valence-electron chi connectivity index (χ2n) is 6.63. The highest BCUT2D eigenvalue weighted by atomic mass is 35.5. The lowest BCUT2D eigenvalue weighted by atomic mass is 10.1. The van der Waals surface area contributed by atoms with Gasteiger partial charge in [-0.2, -0.15) is 0 Å². The Hall–Kier alpha value is -1.95. The lowest BCUT2D eigenvalue weighted by Gasteiger charge is -2.25. The van der Waals surface area contributed by atoms with Crippen LogP contribution in [0.2, 0.25) is 5.02 Å². The minimum Gasteiger partial charge on any atom is -0.493 e. The van der Waals surface area contributed by atoms with E-state index < -0.39 is 0 Å². The van der Waals surface area contributed by atoms with E-state index in [4.69, 9.17) is 21.1 Å². The number of ether oxygens (including phenoxy) is 2. The molecule has 1 amide bonds. The minimum atomic E-state index is 0. The highest BCUT2D eigenvalue weighted by molar-refractivity contribution is 6.30. The van der Waals surface area contributed by atoms with Gasteiger partial charge in [0.25, 0.3) is 5.91 Å².